The van der Waals surface area contributed by atoms with Crippen molar-refractivity contribution in [3.8, 4) is 0 Å². The van der Waals surface area contributed by atoms with Crippen molar-refractivity contribution in [1.82, 2.24) is 0 Å². The quantitative estimate of drug-likeness (QED) is 0.0303. The predicted octanol–water partition coefficient (Wildman–Crippen LogP) is 8.02. The van der Waals surface area contributed by atoms with Crippen LogP contribution in [0.5, 0.6) is 0 Å². The van der Waals surface area contributed by atoms with Crippen molar-refractivity contribution >= 4 is 5.97 Å². The highest BCUT2D eigenvalue weighted by Gasteiger charge is 2.44. The average Bonchev–Trinajstić information content (AvgIpc) is 3.11. The van der Waals surface area contributed by atoms with Crippen molar-refractivity contribution in [2.24, 2.45) is 0 Å². The van der Waals surface area contributed by atoms with Crippen LogP contribution in [0.3, 0.4) is 0 Å². The minimum absolute atomic E-state index is 0.121. The number of aliphatic hydroxyl groups is 4. The highest BCUT2D eigenvalue weighted by molar-refractivity contribution is 5.69. The molecule has 0 saturated carbocycles. The van der Waals surface area contributed by atoms with Gasteiger partial charge in [0, 0.05) is 13.0 Å². The molecule has 9 nitrogen and oxygen atoms in total. The van der Waals surface area contributed by atoms with Crippen molar-refractivity contribution < 1.29 is 44.2 Å². The molecule has 1 fully saturated rings. The highest BCUT2D eigenvalue weighted by Crippen LogP contribution is 2.22. The number of esters is 1. The minimum Gasteiger partial charge on any atom is -0.457 e. The van der Waals surface area contributed by atoms with E-state index >= 15 is 0 Å². The first kappa shape index (κ1) is 46.4. The Morgan fingerprint density at radius 2 is 1.18 bits per heavy atom. The molecule has 1 rings (SSSR count). The highest BCUT2D eigenvalue weighted by atomic mass is 16.7. The Kier molecular flexibility index (Phi) is 30.9. The molecule has 1 aliphatic rings. The van der Waals surface area contributed by atoms with Gasteiger partial charge in [0.15, 0.2) is 6.29 Å². The van der Waals surface area contributed by atoms with Crippen LogP contribution in [0.1, 0.15) is 155 Å². The number of aliphatic hydroxyl groups excluding tert-OH is 4. The zero-order chi connectivity index (χ0) is 36.5. The first-order chi connectivity index (χ1) is 24.4. The molecular formula is C41H74O9. The maximum absolute atomic E-state index is 12.7. The molecule has 0 radical (unpaired) electrons. The van der Waals surface area contributed by atoms with Gasteiger partial charge < -0.3 is 39.4 Å². The number of carbonyl (C=O) groups excluding carboxylic acids is 1. The van der Waals surface area contributed by atoms with E-state index in [1.54, 1.807) is 0 Å². The molecule has 0 amide bonds. The molecule has 0 bridgehead atoms. The van der Waals surface area contributed by atoms with Crippen LogP contribution in [-0.4, -0.2) is 89.6 Å². The second-order valence-corrected chi connectivity index (χ2v) is 13.7. The summed E-state index contributed by atoms with van der Waals surface area (Å²) in [5.74, 6) is -0.330. The van der Waals surface area contributed by atoms with Crippen LogP contribution in [0.2, 0.25) is 0 Å². The van der Waals surface area contributed by atoms with E-state index in [1.165, 1.54) is 57.8 Å². The van der Waals surface area contributed by atoms with Gasteiger partial charge in [-0.25, -0.2) is 0 Å². The second kappa shape index (κ2) is 33.3. The third kappa shape index (κ3) is 24.6. The summed E-state index contributed by atoms with van der Waals surface area (Å²) in [7, 11) is 0. The van der Waals surface area contributed by atoms with Crippen LogP contribution < -0.4 is 0 Å². The molecule has 50 heavy (non-hydrogen) atoms. The van der Waals surface area contributed by atoms with Crippen LogP contribution in [0.25, 0.3) is 0 Å². The molecule has 292 valence electrons. The van der Waals surface area contributed by atoms with Gasteiger partial charge in [-0.2, -0.15) is 0 Å². The van der Waals surface area contributed by atoms with E-state index < -0.39 is 43.4 Å². The fourth-order valence-corrected chi connectivity index (χ4v) is 5.79. The second-order valence-electron chi connectivity index (χ2n) is 13.7. The summed E-state index contributed by atoms with van der Waals surface area (Å²) in [4.78, 5) is 12.7. The molecule has 0 spiro atoms. The number of rotatable bonds is 33. The molecule has 0 aliphatic carbocycles. The van der Waals surface area contributed by atoms with Crippen LogP contribution >= 0.6 is 0 Å². The molecule has 0 aromatic carbocycles. The molecule has 0 aromatic rings. The standard InChI is InChI=1S/C41H74O9/c1-3-5-7-9-11-13-15-16-17-18-19-21-23-25-27-29-31-47-33-35(34-48-41-40(46)39(45)38(44)36(32-42)50-41)49-37(43)30-28-26-24-22-20-14-12-10-8-6-4-2/h10-13,16-17,35-36,38-42,44-46H,3-9,14-15,18-34H2,1-2H3/b12-10-,13-11-,17-16-. The lowest BCUT2D eigenvalue weighted by molar-refractivity contribution is -0.305. The van der Waals surface area contributed by atoms with Crippen molar-refractivity contribution in [2.45, 2.75) is 192 Å². The lowest BCUT2D eigenvalue weighted by atomic mass is 9.99. The van der Waals surface area contributed by atoms with Gasteiger partial charge in [0.25, 0.3) is 0 Å². The van der Waals surface area contributed by atoms with E-state index in [4.69, 9.17) is 18.9 Å². The number of hydrogen-bond acceptors (Lipinski definition) is 9. The SMILES string of the molecule is CCCC/C=C\CCCCCCCC(=O)OC(COCCCCCCCC/C=C\C/C=C\CCCCC)COC1OC(CO)C(O)C(O)C1O. The Labute approximate surface area is 304 Å². The molecule has 1 saturated heterocycles. The van der Waals surface area contributed by atoms with E-state index in [1.807, 2.05) is 0 Å². The maximum atomic E-state index is 12.7. The van der Waals surface area contributed by atoms with Gasteiger partial charge in [0.05, 0.1) is 19.8 Å². The first-order valence-corrected chi connectivity index (χ1v) is 20.1. The summed E-state index contributed by atoms with van der Waals surface area (Å²) in [6, 6.07) is 0. The topological polar surface area (TPSA) is 135 Å². The smallest absolute Gasteiger partial charge is 0.306 e. The van der Waals surface area contributed by atoms with Crippen molar-refractivity contribution in [3.05, 3.63) is 36.5 Å². The van der Waals surface area contributed by atoms with Gasteiger partial charge in [-0.3, -0.25) is 4.79 Å². The van der Waals surface area contributed by atoms with Crippen molar-refractivity contribution in [1.29, 1.82) is 0 Å². The lowest BCUT2D eigenvalue weighted by Gasteiger charge is -2.39. The van der Waals surface area contributed by atoms with Crippen molar-refractivity contribution in [2.75, 3.05) is 26.4 Å². The summed E-state index contributed by atoms with van der Waals surface area (Å²) in [5, 5.41) is 39.9. The van der Waals surface area contributed by atoms with Gasteiger partial charge in [-0.05, 0) is 64.2 Å². The summed E-state index contributed by atoms with van der Waals surface area (Å²) in [6.07, 6.45) is 30.2. The number of ether oxygens (including phenoxy) is 4. The number of carbonyl (C=O) groups is 1. The molecule has 9 heteroatoms. The predicted molar refractivity (Wildman–Crippen MR) is 201 cm³/mol. The number of allylic oxidation sites excluding steroid dienone is 6. The van der Waals surface area contributed by atoms with Crippen LogP contribution in [0.4, 0.5) is 0 Å². The third-order valence-electron chi connectivity index (χ3n) is 9.03. The van der Waals surface area contributed by atoms with Crippen LogP contribution in [-0.2, 0) is 23.7 Å². The Morgan fingerprint density at radius 1 is 0.640 bits per heavy atom. The van der Waals surface area contributed by atoms with E-state index in [9.17, 15) is 25.2 Å². The van der Waals surface area contributed by atoms with E-state index in [-0.39, 0.29) is 19.2 Å². The molecule has 6 atom stereocenters. The first-order valence-electron chi connectivity index (χ1n) is 20.1. The Bertz CT molecular complexity index is 859. The van der Waals surface area contributed by atoms with E-state index in [2.05, 4.69) is 50.3 Å². The van der Waals surface area contributed by atoms with E-state index in [0.29, 0.717) is 13.0 Å². The number of hydrogen-bond donors (Lipinski definition) is 4. The fourth-order valence-electron chi connectivity index (χ4n) is 5.79. The Morgan fingerprint density at radius 3 is 1.80 bits per heavy atom. The third-order valence-corrected chi connectivity index (χ3v) is 9.03. The van der Waals surface area contributed by atoms with Crippen molar-refractivity contribution in [3.63, 3.8) is 0 Å². The van der Waals surface area contributed by atoms with Crippen LogP contribution in [0.15, 0.2) is 36.5 Å². The van der Waals surface area contributed by atoms with Gasteiger partial charge in [0.2, 0.25) is 0 Å². The normalized spacial score (nSPS) is 21.9. The molecular weight excluding hydrogens is 636 g/mol. The Balaban J connectivity index is 2.32. The average molecular weight is 711 g/mol. The fraction of sp³-hybridized carbons (Fsp3) is 0.829. The Hall–Kier alpha value is -1.59. The summed E-state index contributed by atoms with van der Waals surface area (Å²) in [6.45, 7) is 4.44. The van der Waals surface area contributed by atoms with Gasteiger partial charge in [-0.15, -0.1) is 0 Å². The number of unbranched alkanes of at least 4 members (excludes halogenated alkanes) is 16. The largest absolute Gasteiger partial charge is 0.457 e. The van der Waals surface area contributed by atoms with Gasteiger partial charge in [-0.1, -0.05) is 121 Å². The zero-order valence-corrected chi connectivity index (χ0v) is 31.6. The monoisotopic (exact) mass is 711 g/mol. The molecule has 6 unspecified atom stereocenters. The lowest BCUT2D eigenvalue weighted by Crippen LogP contribution is -2.59. The molecule has 4 N–H and O–H groups in total. The van der Waals surface area contributed by atoms with Gasteiger partial charge in [0.1, 0.15) is 30.5 Å². The van der Waals surface area contributed by atoms with Gasteiger partial charge >= 0.3 is 5.97 Å². The maximum Gasteiger partial charge on any atom is 0.306 e. The van der Waals surface area contributed by atoms with Crippen LogP contribution in [0, 0.1) is 0 Å². The molecule has 1 heterocycles. The summed E-state index contributed by atoms with van der Waals surface area (Å²) >= 11 is 0. The van der Waals surface area contributed by atoms with E-state index in [0.717, 1.165) is 77.0 Å². The summed E-state index contributed by atoms with van der Waals surface area (Å²) in [5.41, 5.74) is 0. The molecule has 0 aromatic heterocycles. The zero-order valence-electron chi connectivity index (χ0n) is 31.6. The molecule has 1 aliphatic heterocycles. The summed E-state index contributed by atoms with van der Waals surface area (Å²) < 4.78 is 22.7. The minimum atomic E-state index is -1.54.